The molecule has 0 saturated heterocycles. The number of rotatable bonds is 4. The zero-order valence-electron chi connectivity index (χ0n) is 15.1. The summed E-state index contributed by atoms with van der Waals surface area (Å²) in [4.78, 5) is 18.3. The van der Waals surface area contributed by atoms with Crippen LogP contribution in [0.1, 0.15) is 11.7 Å². The highest BCUT2D eigenvalue weighted by Gasteiger charge is 2.35. The number of para-hydroxylation sites is 2. The number of anilines is 1. The fourth-order valence-corrected chi connectivity index (χ4v) is 3.64. The molecule has 8 nitrogen and oxygen atoms in total. The van der Waals surface area contributed by atoms with Crippen LogP contribution in [0.3, 0.4) is 0 Å². The Morgan fingerprint density at radius 3 is 3.00 bits per heavy atom. The van der Waals surface area contributed by atoms with E-state index < -0.39 is 0 Å². The van der Waals surface area contributed by atoms with Crippen LogP contribution in [0.25, 0.3) is 11.0 Å². The minimum atomic E-state index is -0.0957. The van der Waals surface area contributed by atoms with E-state index in [-0.39, 0.29) is 6.17 Å². The zero-order chi connectivity index (χ0) is 18.2. The van der Waals surface area contributed by atoms with Crippen molar-refractivity contribution in [2.24, 2.45) is 4.99 Å². The van der Waals surface area contributed by atoms with Crippen molar-refractivity contribution < 1.29 is 4.74 Å². The third kappa shape index (κ3) is 2.73. The third-order valence-corrected chi connectivity index (χ3v) is 4.97. The number of methoxy groups -OCH3 is 1. The monoisotopic (exact) mass is 363 g/mol. The minimum absolute atomic E-state index is 0.0957. The van der Waals surface area contributed by atoms with Crippen LogP contribution in [0.2, 0.25) is 0 Å². The Morgan fingerprint density at radius 2 is 2.15 bits per heavy atom. The average Bonchev–Trinajstić information content (AvgIpc) is 3.12. The van der Waals surface area contributed by atoms with E-state index in [0.717, 1.165) is 41.7 Å². The Kier molecular flexibility index (Phi) is 3.99. The smallest absolute Gasteiger partial charge is 0.216 e. The molecule has 0 radical (unpaired) electrons. The Morgan fingerprint density at radius 1 is 1.22 bits per heavy atom. The Balaban J connectivity index is 1.62. The number of hydrogen-bond donors (Lipinski definition) is 1. The van der Waals surface area contributed by atoms with Gasteiger partial charge in [-0.15, -0.1) is 0 Å². The van der Waals surface area contributed by atoms with E-state index in [1.165, 1.54) is 0 Å². The number of nitrogens with one attached hydrogen (secondary N) is 1. The number of aromatic nitrogens is 3. The Bertz CT molecular complexity index is 984. The van der Waals surface area contributed by atoms with Crippen LogP contribution in [-0.4, -0.2) is 59.0 Å². The number of benzene rings is 1. The van der Waals surface area contributed by atoms with E-state index in [2.05, 4.69) is 36.8 Å². The van der Waals surface area contributed by atoms with Crippen molar-refractivity contribution in [2.45, 2.75) is 6.17 Å². The first kappa shape index (κ1) is 16.2. The van der Waals surface area contributed by atoms with Crippen molar-refractivity contribution in [2.75, 3.05) is 38.5 Å². The van der Waals surface area contributed by atoms with E-state index in [9.17, 15) is 0 Å². The SMILES string of the molecule is COCCN1CN=C2N[C@@H](c3cccnc3)n3c(nc4ccccc43)N2C1. The first-order valence-electron chi connectivity index (χ1n) is 9.02. The summed E-state index contributed by atoms with van der Waals surface area (Å²) >= 11 is 0. The summed E-state index contributed by atoms with van der Waals surface area (Å²) < 4.78 is 7.45. The van der Waals surface area contributed by atoms with Gasteiger partial charge in [-0.2, -0.15) is 0 Å². The molecule has 3 aromatic rings. The molecule has 0 unspecified atom stereocenters. The molecule has 0 spiro atoms. The van der Waals surface area contributed by atoms with E-state index >= 15 is 0 Å². The van der Waals surface area contributed by atoms with Crippen LogP contribution in [0, 0.1) is 0 Å². The van der Waals surface area contributed by atoms with Crippen LogP contribution in [0.4, 0.5) is 5.95 Å². The molecule has 1 N–H and O–H groups in total. The summed E-state index contributed by atoms with van der Waals surface area (Å²) in [6, 6.07) is 12.2. The van der Waals surface area contributed by atoms with Crippen molar-refractivity contribution >= 4 is 22.9 Å². The van der Waals surface area contributed by atoms with Gasteiger partial charge in [0.15, 0.2) is 0 Å². The number of nitrogens with zero attached hydrogens (tertiary/aromatic N) is 6. The standard InChI is InChI=1S/C19H21N7O/c1-27-10-9-24-12-21-18-23-17(14-5-4-8-20-11-14)26-16-7-3-2-6-15(16)22-19(26)25(18)13-24/h2-8,11,17H,9-10,12-13H2,1H3,(H,21,23)/t17-/m1/s1. The molecule has 8 heteroatoms. The second kappa shape index (κ2) is 6.64. The number of fused-ring (bicyclic) bond motifs is 5. The fraction of sp³-hybridized carbons (Fsp3) is 0.316. The molecule has 1 atom stereocenters. The lowest BCUT2D eigenvalue weighted by Gasteiger charge is -2.41. The first-order chi connectivity index (χ1) is 13.3. The van der Waals surface area contributed by atoms with Crippen molar-refractivity contribution in [3.63, 3.8) is 0 Å². The molecular weight excluding hydrogens is 342 g/mol. The van der Waals surface area contributed by atoms with Gasteiger partial charge in [-0.3, -0.25) is 19.4 Å². The van der Waals surface area contributed by atoms with Gasteiger partial charge >= 0.3 is 0 Å². The molecule has 0 fully saturated rings. The molecule has 2 aromatic heterocycles. The maximum atomic E-state index is 5.22. The number of aliphatic imine (C=N–C) groups is 1. The number of pyridine rings is 1. The molecule has 0 aliphatic carbocycles. The Hall–Kier alpha value is -2.97. The number of guanidine groups is 1. The van der Waals surface area contributed by atoms with Crippen LogP contribution in [0.5, 0.6) is 0 Å². The van der Waals surface area contributed by atoms with E-state index in [1.807, 2.05) is 30.5 Å². The molecule has 2 aliphatic rings. The largest absolute Gasteiger partial charge is 0.383 e. The van der Waals surface area contributed by atoms with Crippen molar-refractivity contribution in [3.05, 3.63) is 54.4 Å². The summed E-state index contributed by atoms with van der Waals surface area (Å²) in [5.41, 5.74) is 3.13. The summed E-state index contributed by atoms with van der Waals surface area (Å²) in [5.74, 6) is 1.74. The average molecular weight is 363 g/mol. The summed E-state index contributed by atoms with van der Waals surface area (Å²) in [7, 11) is 1.72. The molecule has 27 heavy (non-hydrogen) atoms. The van der Waals surface area contributed by atoms with Crippen LogP contribution < -0.4 is 10.2 Å². The highest BCUT2D eigenvalue weighted by molar-refractivity contribution is 5.98. The molecular formula is C19H21N7O. The highest BCUT2D eigenvalue weighted by atomic mass is 16.5. The second-order valence-corrected chi connectivity index (χ2v) is 6.68. The zero-order valence-corrected chi connectivity index (χ0v) is 15.1. The topological polar surface area (TPSA) is 70.8 Å². The van der Waals surface area contributed by atoms with Crippen molar-refractivity contribution in [3.8, 4) is 0 Å². The predicted molar refractivity (Wildman–Crippen MR) is 103 cm³/mol. The van der Waals surface area contributed by atoms with E-state index in [1.54, 1.807) is 13.3 Å². The van der Waals surface area contributed by atoms with Gasteiger partial charge < -0.3 is 10.1 Å². The number of imidazole rings is 1. The molecule has 5 rings (SSSR count). The highest BCUT2D eigenvalue weighted by Crippen LogP contribution is 2.33. The lowest BCUT2D eigenvalue weighted by molar-refractivity contribution is 0.147. The molecule has 138 valence electrons. The lowest BCUT2D eigenvalue weighted by Crippen LogP contribution is -2.57. The number of hydrogen-bond acceptors (Lipinski definition) is 7. The molecule has 1 aromatic carbocycles. The van der Waals surface area contributed by atoms with Crippen molar-refractivity contribution in [1.29, 1.82) is 0 Å². The normalized spacial score (nSPS) is 19.4. The number of ether oxygens (including phenoxy) is 1. The molecule has 0 saturated carbocycles. The van der Waals surface area contributed by atoms with Gasteiger partial charge in [0.05, 0.1) is 31.0 Å². The lowest BCUT2D eigenvalue weighted by atomic mass is 10.2. The fourth-order valence-electron chi connectivity index (χ4n) is 3.64. The molecule has 2 aliphatic heterocycles. The van der Waals surface area contributed by atoms with Gasteiger partial charge in [-0.05, 0) is 18.2 Å². The summed E-state index contributed by atoms with van der Waals surface area (Å²) in [6.07, 6.45) is 3.58. The molecule has 4 heterocycles. The van der Waals surface area contributed by atoms with Gasteiger partial charge in [-0.1, -0.05) is 18.2 Å². The van der Waals surface area contributed by atoms with E-state index in [4.69, 9.17) is 14.7 Å². The second-order valence-electron chi connectivity index (χ2n) is 6.68. The quantitative estimate of drug-likeness (QED) is 0.760. The van der Waals surface area contributed by atoms with Gasteiger partial charge in [-0.25, -0.2) is 9.98 Å². The van der Waals surface area contributed by atoms with Crippen LogP contribution in [0.15, 0.2) is 53.8 Å². The molecule has 0 amide bonds. The van der Waals surface area contributed by atoms with Gasteiger partial charge in [0.2, 0.25) is 11.9 Å². The molecule has 0 bridgehead atoms. The minimum Gasteiger partial charge on any atom is -0.383 e. The van der Waals surface area contributed by atoms with Gasteiger partial charge in [0.1, 0.15) is 6.17 Å². The maximum Gasteiger partial charge on any atom is 0.216 e. The summed E-state index contributed by atoms with van der Waals surface area (Å²) in [5, 5.41) is 3.58. The summed E-state index contributed by atoms with van der Waals surface area (Å²) in [6.45, 7) is 2.87. The predicted octanol–water partition coefficient (Wildman–Crippen LogP) is 1.62. The van der Waals surface area contributed by atoms with E-state index in [0.29, 0.717) is 13.3 Å². The van der Waals surface area contributed by atoms with Crippen molar-refractivity contribution in [1.82, 2.24) is 24.8 Å². The third-order valence-electron chi connectivity index (χ3n) is 4.97. The first-order valence-corrected chi connectivity index (χ1v) is 9.02. The van der Waals surface area contributed by atoms with Gasteiger partial charge in [0.25, 0.3) is 0 Å². The maximum absolute atomic E-state index is 5.22. The Labute approximate surface area is 157 Å². The van der Waals surface area contributed by atoms with Crippen LogP contribution in [-0.2, 0) is 4.74 Å². The van der Waals surface area contributed by atoms with Gasteiger partial charge in [0, 0.05) is 31.6 Å². The van der Waals surface area contributed by atoms with Crippen LogP contribution >= 0.6 is 0 Å².